The molecule has 0 radical (unpaired) electrons. The van der Waals surface area contributed by atoms with E-state index in [1.165, 1.54) is 24.1 Å². The predicted molar refractivity (Wildman–Crippen MR) is 69.3 cm³/mol. The second-order valence-electron chi connectivity index (χ2n) is 5.60. The van der Waals surface area contributed by atoms with Crippen LogP contribution in [0.5, 0.6) is 0 Å². The Kier molecular flexibility index (Phi) is 4.52. The van der Waals surface area contributed by atoms with E-state index in [1.54, 1.807) is 0 Å². The minimum Gasteiger partial charge on any atom is -0.350 e. The van der Waals surface area contributed by atoms with E-state index >= 15 is 0 Å². The predicted octanol–water partition coefficient (Wildman–Crippen LogP) is -1.01. The zero-order chi connectivity index (χ0) is 11.6. The summed E-state index contributed by atoms with van der Waals surface area (Å²) in [6.45, 7) is 8.94. The van der Waals surface area contributed by atoms with Gasteiger partial charge in [0.25, 0.3) is 5.91 Å². The number of nitrogens with one attached hydrogen (secondary N) is 1. The first-order valence-electron chi connectivity index (χ1n) is 6.23. The van der Waals surface area contributed by atoms with E-state index < -0.39 is 0 Å². The Labute approximate surface area is 105 Å². The third kappa shape index (κ3) is 3.18. The molecule has 3 aliphatic rings. The van der Waals surface area contributed by atoms with Gasteiger partial charge in [-0.25, -0.2) is 0 Å². The normalized spacial score (nSPS) is 35.2. The highest BCUT2D eigenvalue weighted by Gasteiger charge is 2.47. The first kappa shape index (κ1) is 14.4. The van der Waals surface area contributed by atoms with Crippen LogP contribution < -0.4 is 11.1 Å². The molecule has 1 amide bonds. The summed E-state index contributed by atoms with van der Waals surface area (Å²) >= 11 is 0. The monoisotopic (exact) mass is 244 g/mol. The Morgan fingerprint density at radius 2 is 1.71 bits per heavy atom. The van der Waals surface area contributed by atoms with E-state index in [0.29, 0.717) is 19.6 Å². The van der Waals surface area contributed by atoms with E-state index in [0.717, 1.165) is 24.1 Å². The fourth-order valence-electron chi connectivity index (χ4n) is 2.84. The molecule has 0 saturated carbocycles. The van der Waals surface area contributed by atoms with Gasteiger partial charge in [0.1, 0.15) is 39.3 Å². The number of likely N-dealkylation sites (N-methyl/N-ethyl adjacent to an activating group) is 1. The zero-order valence-corrected chi connectivity index (χ0v) is 10.2. The zero-order valence-electron chi connectivity index (χ0n) is 10.2. The first-order valence-corrected chi connectivity index (χ1v) is 6.23. The molecule has 3 aliphatic heterocycles. The maximum Gasteiger partial charge on any atom is 0.275 e. The Balaban J connectivity index is 0.00000144. The molecule has 0 aromatic rings. The van der Waals surface area contributed by atoms with Crippen molar-refractivity contribution in [1.29, 1.82) is 0 Å². The third-order valence-corrected chi connectivity index (χ3v) is 4.29. The SMILES string of the molecule is C.C[N+]12CC[N+](CC(=O)NCCN)(CC1)CC2. The van der Waals surface area contributed by atoms with Gasteiger partial charge in [0.05, 0.1) is 7.05 Å². The van der Waals surface area contributed by atoms with Gasteiger partial charge in [-0.2, -0.15) is 0 Å². The highest BCUT2D eigenvalue weighted by Crippen LogP contribution is 2.24. The van der Waals surface area contributed by atoms with Gasteiger partial charge in [-0.3, -0.25) is 4.79 Å². The van der Waals surface area contributed by atoms with Crippen molar-refractivity contribution >= 4 is 5.91 Å². The van der Waals surface area contributed by atoms with Gasteiger partial charge in [-0.1, -0.05) is 7.43 Å². The third-order valence-electron chi connectivity index (χ3n) is 4.29. The molecule has 3 N–H and O–H groups in total. The van der Waals surface area contributed by atoms with E-state index in [-0.39, 0.29) is 13.3 Å². The van der Waals surface area contributed by atoms with Gasteiger partial charge < -0.3 is 20.0 Å². The van der Waals surface area contributed by atoms with E-state index in [2.05, 4.69) is 12.4 Å². The van der Waals surface area contributed by atoms with Crippen LogP contribution in [0.4, 0.5) is 0 Å². The fraction of sp³-hybridized carbons (Fsp3) is 0.917. The molecule has 3 heterocycles. The van der Waals surface area contributed by atoms with Crippen molar-refractivity contribution in [3.05, 3.63) is 0 Å². The number of rotatable bonds is 4. The average molecular weight is 244 g/mol. The number of piperazine rings is 3. The number of quaternary nitrogens is 2. The maximum atomic E-state index is 11.7. The number of nitrogens with two attached hydrogens (primary N) is 1. The number of hydrogen-bond donors (Lipinski definition) is 2. The number of carbonyl (C=O) groups is 1. The maximum absolute atomic E-state index is 11.7. The molecule has 5 heteroatoms. The summed E-state index contributed by atoms with van der Waals surface area (Å²) in [6.07, 6.45) is 0. The van der Waals surface area contributed by atoms with Crippen molar-refractivity contribution in [2.24, 2.45) is 5.73 Å². The quantitative estimate of drug-likeness (QED) is 0.623. The Morgan fingerprint density at radius 1 is 1.18 bits per heavy atom. The number of amides is 1. The second kappa shape index (κ2) is 5.33. The lowest BCUT2D eigenvalue weighted by Gasteiger charge is -2.53. The van der Waals surface area contributed by atoms with Crippen LogP contribution in [0.25, 0.3) is 0 Å². The molecule has 3 fully saturated rings. The van der Waals surface area contributed by atoms with Gasteiger partial charge >= 0.3 is 0 Å². The van der Waals surface area contributed by atoms with Gasteiger partial charge in [0.15, 0.2) is 6.54 Å². The molecule has 0 atom stereocenters. The van der Waals surface area contributed by atoms with Crippen molar-refractivity contribution in [1.82, 2.24) is 5.32 Å². The summed E-state index contributed by atoms with van der Waals surface area (Å²) in [5.41, 5.74) is 5.38. The second-order valence-corrected chi connectivity index (χ2v) is 5.60. The van der Waals surface area contributed by atoms with Gasteiger partial charge in [0.2, 0.25) is 0 Å². The molecule has 3 saturated heterocycles. The summed E-state index contributed by atoms with van der Waals surface area (Å²) in [5.74, 6) is 0.170. The van der Waals surface area contributed by atoms with Gasteiger partial charge in [-0.15, -0.1) is 0 Å². The van der Waals surface area contributed by atoms with E-state index in [4.69, 9.17) is 5.73 Å². The molecule has 0 aromatic carbocycles. The largest absolute Gasteiger partial charge is 0.350 e. The summed E-state index contributed by atoms with van der Waals surface area (Å²) in [6, 6.07) is 0. The molecule has 3 rings (SSSR count). The van der Waals surface area contributed by atoms with Crippen LogP contribution in [0.3, 0.4) is 0 Å². The van der Waals surface area contributed by atoms with Crippen LogP contribution >= 0.6 is 0 Å². The molecule has 17 heavy (non-hydrogen) atoms. The summed E-state index contributed by atoms with van der Waals surface area (Å²) in [7, 11) is 2.33. The first-order chi connectivity index (χ1) is 7.58. The van der Waals surface area contributed by atoms with Crippen molar-refractivity contribution < 1.29 is 13.8 Å². The van der Waals surface area contributed by atoms with Gasteiger partial charge in [0, 0.05) is 13.1 Å². The van der Waals surface area contributed by atoms with Crippen molar-refractivity contribution in [2.45, 2.75) is 7.43 Å². The highest BCUT2D eigenvalue weighted by molar-refractivity contribution is 5.77. The smallest absolute Gasteiger partial charge is 0.275 e. The summed E-state index contributed by atoms with van der Waals surface area (Å²) < 4.78 is 2.22. The van der Waals surface area contributed by atoms with Gasteiger partial charge in [-0.05, 0) is 0 Å². The summed E-state index contributed by atoms with van der Waals surface area (Å²) in [5, 5.41) is 2.88. The molecule has 0 spiro atoms. The lowest BCUT2D eigenvalue weighted by atomic mass is 10.1. The van der Waals surface area contributed by atoms with Crippen LogP contribution in [0.15, 0.2) is 0 Å². The molecule has 0 unspecified atom stereocenters. The van der Waals surface area contributed by atoms with E-state index in [9.17, 15) is 4.79 Å². The number of nitrogens with zero attached hydrogens (tertiary/aromatic N) is 2. The molecule has 0 aliphatic carbocycles. The highest BCUT2D eigenvalue weighted by atomic mass is 16.2. The number of hydrogen-bond acceptors (Lipinski definition) is 2. The van der Waals surface area contributed by atoms with Crippen molar-refractivity contribution in [3.63, 3.8) is 0 Å². The number of carbonyl (C=O) groups excluding carboxylic acids is 1. The Morgan fingerprint density at radius 3 is 2.18 bits per heavy atom. The lowest BCUT2D eigenvalue weighted by molar-refractivity contribution is -1.07. The minimum atomic E-state index is 0. The molecule has 0 aromatic heterocycles. The lowest BCUT2D eigenvalue weighted by Crippen LogP contribution is -2.74. The van der Waals surface area contributed by atoms with Crippen LogP contribution in [-0.2, 0) is 4.79 Å². The van der Waals surface area contributed by atoms with Crippen LogP contribution in [0.1, 0.15) is 7.43 Å². The van der Waals surface area contributed by atoms with Crippen LogP contribution in [-0.4, -0.2) is 80.8 Å². The van der Waals surface area contributed by atoms with Crippen LogP contribution in [0, 0.1) is 0 Å². The van der Waals surface area contributed by atoms with E-state index in [1.807, 2.05) is 0 Å². The topological polar surface area (TPSA) is 55.1 Å². The molecular formula is C12H28N4O+2. The standard InChI is InChI=1S/C11H23N4O.CH4/c1-14-4-7-15(8-5-14,9-6-14)10-11(16)13-3-2-12;/h2-10,12H2,1H3;1H4/q+1;/p+1. The van der Waals surface area contributed by atoms with Crippen LogP contribution in [0.2, 0.25) is 0 Å². The summed E-state index contributed by atoms with van der Waals surface area (Å²) in [4.78, 5) is 11.7. The molecule has 100 valence electrons. The fourth-order valence-corrected chi connectivity index (χ4v) is 2.84. The molecule has 2 bridgehead atoms. The molecule has 5 nitrogen and oxygen atoms in total. The Hall–Kier alpha value is -0.650. The van der Waals surface area contributed by atoms with Crippen molar-refractivity contribution in [2.75, 3.05) is 66.0 Å². The van der Waals surface area contributed by atoms with Crippen molar-refractivity contribution in [3.8, 4) is 0 Å². The number of fused-ring (bicyclic) bond motifs is 3. The average Bonchev–Trinajstić information content (AvgIpc) is 2.29. The Bertz CT molecular complexity index is 255. The minimum absolute atomic E-state index is 0. The molecular weight excluding hydrogens is 216 g/mol.